The maximum atomic E-state index is 11.8. The average Bonchev–Trinajstić information content (AvgIpc) is 2.64. The monoisotopic (exact) mass is 326 g/mol. The lowest BCUT2D eigenvalue weighted by molar-refractivity contribution is 0.240. The molecule has 1 heterocycles. The number of carbonyl (C=O) groups excluding carboxylic acids is 1. The fraction of sp³-hybridized carbons (Fsp3) is 0.368. The van der Waals surface area contributed by atoms with E-state index >= 15 is 0 Å². The zero-order valence-corrected chi connectivity index (χ0v) is 14.5. The first-order valence-electron chi connectivity index (χ1n) is 8.42. The van der Waals surface area contributed by atoms with Crippen LogP contribution in [-0.2, 0) is 19.6 Å². The van der Waals surface area contributed by atoms with Crippen molar-refractivity contribution in [3.05, 3.63) is 65.5 Å². The van der Waals surface area contributed by atoms with Crippen LogP contribution in [0.15, 0.2) is 48.8 Å². The van der Waals surface area contributed by atoms with E-state index in [4.69, 9.17) is 0 Å². The van der Waals surface area contributed by atoms with Crippen LogP contribution in [0.4, 0.5) is 4.79 Å². The second-order valence-corrected chi connectivity index (χ2v) is 5.67. The van der Waals surface area contributed by atoms with E-state index in [1.807, 2.05) is 12.1 Å². The summed E-state index contributed by atoms with van der Waals surface area (Å²) in [5, 5.41) is 5.71. The van der Waals surface area contributed by atoms with Gasteiger partial charge in [-0.3, -0.25) is 9.88 Å². The fourth-order valence-electron chi connectivity index (χ4n) is 2.40. The van der Waals surface area contributed by atoms with Crippen LogP contribution in [-0.4, -0.2) is 29.0 Å². The molecule has 0 unspecified atom stereocenters. The van der Waals surface area contributed by atoms with E-state index in [9.17, 15) is 4.79 Å². The number of pyridine rings is 1. The largest absolute Gasteiger partial charge is 0.334 e. The number of nitrogens with one attached hydrogen (secondary N) is 2. The molecule has 0 aliphatic heterocycles. The molecule has 0 radical (unpaired) electrons. The van der Waals surface area contributed by atoms with Gasteiger partial charge in [-0.15, -0.1) is 0 Å². The molecule has 5 heteroatoms. The minimum Gasteiger partial charge on any atom is -0.334 e. The number of hydrogen-bond donors (Lipinski definition) is 2. The Balaban J connectivity index is 1.74. The zero-order chi connectivity index (χ0) is 17.2. The maximum Gasteiger partial charge on any atom is 0.315 e. The van der Waals surface area contributed by atoms with Crippen molar-refractivity contribution in [3.8, 4) is 0 Å². The molecule has 0 spiro atoms. The molecule has 2 rings (SSSR count). The van der Waals surface area contributed by atoms with Crippen LogP contribution < -0.4 is 10.6 Å². The fourth-order valence-corrected chi connectivity index (χ4v) is 2.40. The molecule has 0 atom stereocenters. The third kappa shape index (κ3) is 6.01. The highest BCUT2D eigenvalue weighted by molar-refractivity contribution is 5.73. The second-order valence-electron chi connectivity index (χ2n) is 5.67. The van der Waals surface area contributed by atoms with E-state index in [1.165, 1.54) is 5.56 Å². The lowest BCUT2D eigenvalue weighted by Crippen LogP contribution is -2.34. The highest BCUT2D eigenvalue weighted by Gasteiger charge is 2.03. The van der Waals surface area contributed by atoms with Crippen LogP contribution in [0.5, 0.6) is 0 Å². The molecule has 0 saturated carbocycles. The van der Waals surface area contributed by atoms with Crippen LogP contribution in [0, 0.1) is 0 Å². The van der Waals surface area contributed by atoms with Crippen molar-refractivity contribution in [3.63, 3.8) is 0 Å². The number of hydrogen-bond acceptors (Lipinski definition) is 3. The van der Waals surface area contributed by atoms with E-state index in [0.717, 1.165) is 30.8 Å². The summed E-state index contributed by atoms with van der Waals surface area (Å²) < 4.78 is 0. The van der Waals surface area contributed by atoms with E-state index < -0.39 is 0 Å². The Morgan fingerprint density at radius 2 is 1.38 bits per heavy atom. The smallest absolute Gasteiger partial charge is 0.315 e. The first-order valence-corrected chi connectivity index (χ1v) is 8.42. The van der Waals surface area contributed by atoms with E-state index in [-0.39, 0.29) is 6.03 Å². The minimum absolute atomic E-state index is 0.168. The number of carbonyl (C=O) groups is 1. The Hall–Kier alpha value is -2.40. The number of rotatable bonds is 8. The second kappa shape index (κ2) is 9.67. The molecular formula is C19H26N4O. The van der Waals surface area contributed by atoms with Gasteiger partial charge in [0.2, 0.25) is 0 Å². The van der Waals surface area contributed by atoms with Gasteiger partial charge in [-0.05, 0) is 41.9 Å². The summed E-state index contributed by atoms with van der Waals surface area (Å²) >= 11 is 0. The van der Waals surface area contributed by atoms with Gasteiger partial charge in [0.15, 0.2) is 0 Å². The van der Waals surface area contributed by atoms with Gasteiger partial charge in [0.1, 0.15) is 0 Å². The number of aromatic nitrogens is 1. The van der Waals surface area contributed by atoms with Crippen molar-refractivity contribution in [1.29, 1.82) is 0 Å². The molecule has 2 aromatic rings. The Morgan fingerprint density at radius 3 is 1.92 bits per heavy atom. The minimum atomic E-state index is -0.168. The van der Waals surface area contributed by atoms with Crippen molar-refractivity contribution in [1.82, 2.24) is 20.5 Å². The van der Waals surface area contributed by atoms with E-state index in [1.54, 1.807) is 12.4 Å². The Labute approximate surface area is 144 Å². The summed E-state index contributed by atoms with van der Waals surface area (Å²) in [6.07, 6.45) is 3.43. The molecule has 2 amide bonds. The standard InChI is InChI=1S/C19H26N4O/c1-3-23(4-2)15-18-7-5-16(6-8-18)13-21-19(24)22-14-17-9-11-20-12-10-17/h5-12H,3-4,13-15H2,1-2H3,(H2,21,22,24). The molecule has 128 valence electrons. The first kappa shape index (κ1) is 17.9. The Kier molecular flexibility index (Phi) is 7.23. The maximum absolute atomic E-state index is 11.8. The van der Waals surface area contributed by atoms with Crippen molar-refractivity contribution in [2.75, 3.05) is 13.1 Å². The van der Waals surface area contributed by atoms with Gasteiger partial charge < -0.3 is 10.6 Å². The molecule has 0 fully saturated rings. The summed E-state index contributed by atoms with van der Waals surface area (Å²) in [4.78, 5) is 18.2. The molecule has 0 saturated heterocycles. The lowest BCUT2D eigenvalue weighted by Gasteiger charge is -2.18. The summed E-state index contributed by atoms with van der Waals surface area (Å²) in [5.74, 6) is 0. The molecule has 1 aromatic carbocycles. The van der Waals surface area contributed by atoms with E-state index in [0.29, 0.717) is 13.1 Å². The predicted octanol–water partition coefficient (Wildman–Crippen LogP) is 2.92. The number of benzene rings is 1. The molecule has 5 nitrogen and oxygen atoms in total. The van der Waals surface area contributed by atoms with Gasteiger partial charge in [0, 0.05) is 32.0 Å². The molecule has 1 aromatic heterocycles. The first-order chi connectivity index (χ1) is 11.7. The predicted molar refractivity (Wildman–Crippen MR) is 96.4 cm³/mol. The summed E-state index contributed by atoms with van der Waals surface area (Å²) in [6.45, 7) is 8.44. The van der Waals surface area contributed by atoms with Crippen molar-refractivity contribution < 1.29 is 4.79 Å². The Bertz CT molecular complexity index is 609. The van der Waals surface area contributed by atoms with Gasteiger partial charge in [-0.25, -0.2) is 4.79 Å². The van der Waals surface area contributed by atoms with Crippen LogP contribution in [0.1, 0.15) is 30.5 Å². The lowest BCUT2D eigenvalue weighted by atomic mass is 10.1. The summed E-state index contributed by atoms with van der Waals surface area (Å²) in [6, 6.07) is 12.0. The molecule has 0 aliphatic rings. The third-order valence-electron chi connectivity index (χ3n) is 3.98. The van der Waals surface area contributed by atoms with Crippen LogP contribution >= 0.6 is 0 Å². The van der Waals surface area contributed by atoms with Crippen LogP contribution in [0.25, 0.3) is 0 Å². The zero-order valence-electron chi connectivity index (χ0n) is 14.5. The van der Waals surface area contributed by atoms with Crippen LogP contribution in [0.2, 0.25) is 0 Å². The van der Waals surface area contributed by atoms with Crippen molar-refractivity contribution in [2.45, 2.75) is 33.5 Å². The van der Waals surface area contributed by atoms with Crippen LogP contribution in [0.3, 0.4) is 0 Å². The number of amides is 2. The number of nitrogens with zero attached hydrogens (tertiary/aromatic N) is 2. The number of urea groups is 1. The average molecular weight is 326 g/mol. The summed E-state index contributed by atoms with van der Waals surface area (Å²) in [7, 11) is 0. The highest BCUT2D eigenvalue weighted by Crippen LogP contribution is 2.07. The van der Waals surface area contributed by atoms with Gasteiger partial charge in [0.05, 0.1) is 0 Å². The van der Waals surface area contributed by atoms with Gasteiger partial charge in [-0.2, -0.15) is 0 Å². The molecule has 2 N–H and O–H groups in total. The van der Waals surface area contributed by atoms with Gasteiger partial charge in [0.25, 0.3) is 0 Å². The molecule has 0 bridgehead atoms. The molecule has 0 aliphatic carbocycles. The SMILES string of the molecule is CCN(CC)Cc1ccc(CNC(=O)NCc2ccncc2)cc1. The quantitative estimate of drug-likeness (QED) is 0.784. The van der Waals surface area contributed by atoms with Crippen molar-refractivity contribution in [2.24, 2.45) is 0 Å². The molecule has 24 heavy (non-hydrogen) atoms. The summed E-state index contributed by atoms with van der Waals surface area (Å²) in [5.41, 5.74) is 3.42. The van der Waals surface area contributed by atoms with Gasteiger partial charge in [-0.1, -0.05) is 38.1 Å². The van der Waals surface area contributed by atoms with Crippen molar-refractivity contribution >= 4 is 6.03 Å². The van der Waals surface area contributed by atoms with E-state index in [2.05, 4.69) is 58.6 Å². The third-order valence-corrected chi connectivity index (χ3v) is 3.98. The molecular weight excluding hydrogens is 300 g/mol. The van der Waals surface area contributed by atoms with Gasteiger partial charge >= 0.3 is 6.03 Å². The highest BCUT2D eigenvalue weighted by atomic mass is 16.2. The Morgan fingerprint density at radius 1 is 0.875 bits per heavy atom. The topological polar surface area (TPSA) is 57.3 Å². The normalized spacial score (nSPS) is 10.6.